The molecule has 5 nitrogen and oxygen atoms in total. The van der Waals surface area contributed by atoms with Gasteiger partial charge in [-0.05, 0) is 57.0 Å². The average molecular weight is 357 g/mol. The van der Waals surface area contributed by atoms with Crippen molar-refractivity contribution in [3.8, 4) is 0 Å². The van der Waals surface area contributed by atoms with Crippen LogP contribution in [0.25, 0.3) is 10.9 Å². The summed E-state index contributed by atoms with van der Waals surface area (Å²) in [6, 6.07) is 7.33. The normalized spacial score (nSPS) is 11.1. The van der Waals surface area contributed by atoms with Crippen molar-refractivity contribution in [1.82, 2.24) is 20.1 Å². The lowest BCUT2D eigenvalue weighted by molar-refractivity contribution is 0.0953. The first-order valence-corrected chi connectivity index (χ1v) is 8.59. The Morgan fingerprint density at radius 1 is 1.20 bits per heavy atom. The fourth-order valence-electron chi connectivity index (χ4n) is 3.05. The van der Waals surface area contributed by atoms with E-state index in [2.05, 4.69) is 15.4 Å². The van der Waals surface area contributed by atoms with Gasteiger partial charge in [0.25, 0.3) is 5.91 Å². The lowest BCUT2D eigenvalue weighted by Gasteiger charge is -2.09. The third kappa shape index (κ3) is 3.51. The highest BCUT2D eigenvalue weighted by Gasteiger charge is 2.13. The van der Waals surface area contributed by atoms with E-state index in [9.17, 15) is 4.79 Å². The van der Waals surface area contributed by atoms with Gasteiger partial charge in [0.05, 0.1) is 22.5 Å². The predicted molar refractivity (Wildman–Crippen MR) is 100 cm³/mol. The number of nitrogens with zero attached hydrogens (tertiary/aromatic N) is 3. The molecule has 3 aromatic rings. The van der Waals surface area contributed by atoms with E-state index in [1.165, 1.54) is 5.56 Å². The minimum atomic E-state index is -0.119. The van der Waals surface area contributed by atoms with Gasteiger partial charge in [0.15, 0.2) is 0 Å². The number of rotatable bonds is 4. The average Bonchev–Trinajstić information content (AvgIpc) is 2.80. The fourth-order valence-corrected chi connectivity index (χ4v) is 3.23. The maximum atomic E-state index is 12.6. The van der Waals surface area contributed by atoms with Gasteiger partial charge in [0.1, 0.15) is 0 Å². The van der Waals surface area contributed by atoms with Crippen LogP contribution in [0.2, 0.25) is 5.02 Å². The molecule has 0 unspecified atom stereocenters. The van der Waals surface area contributed by atoms with Crippen LogP contribution in [0.5, 0.6) is 0 Å². The molecule has 2 heterocycles. The summed E-state index contributed by atoms with van der Waals surface area (Å²) in [5, 5.41) is 8.88. The van der Waals surface area contributed by atoms with Crippen molar-refractivity contribution in [1.29, 1.82) is 0 Å². The summed E-state index contributed by atoms with van der Waals surface area (Å²) in [7, 11) is 1.93. The van der Waals surface area contributed by atoms with E-state index in [1.807, 2.05) is 50.7 Å². The SMILES string of the molecule is Cc1nc2ccc(Cl)cc2cc1C(=O)NCCc1c(C)nn(C)c1C. The highest BCUT2D eigenvalue weighted by Crippen LogP contribution is 2.20. The first-order chi connectivity index (χ1) is 11.9. The van der Waals surface area contributed by atoms with Gasteiger partial charge in [-0.3, -0.25) is 14.5 Å². The van der Waals surface area contributed by atoms with Gasteiger partial charge >= 0.3 is 0 Å². The number of benzene rings is 1. The Kier molecular flexibility index (Phi) is 4.77. The van der Waals surface area contributed by atoms with E-state index in [0.717, 1.165) is 28.7 Å². The van der Waals surface area contributed by atoms with Crippen molar-refractivity contribution in [2.24, 2.45) is 7.05 Å². The molecule has 0 fully saturated rings. The molecule has 0 radical (unpaired) electrons. The number of nitrogens with one attached hydrogen (secondary N) is 1. The molecule has 3 rings (SSSR count). The Morgan fingerprint density at radius 2 is 1.96 bits per heavy atom. The van der Waals surface area contributed by atoms with Gasteiger partial charge in [-0.25, -0.2) is 0 Å². The molecule has 0 aliphatic carbocycles. The third-order valence-electron chi connectivity index (χ3n) is 4.53. The lowest BCUT2D eigenvalue weighted by atomic mass is 10.1. The Balaban J connectivity index is 1.75. The molecule has 1 amide bonds. The molecular formula is C19H21ClN4O. The summed E-state index contributed by atoms with van der Waals surface area (Å²) in [5.74, 6) is -0.119. The molecule has 6 heteroatoms. The van der Waals surface area contributed by atoms with Gasteiger partial charge in [-0.15, -0.1) is 0 Å². The smallest absolute Gasteiger partial charge is 0.253 e. The second kappa shape index (κ2) is 6.84. The van der Waals surface area contributed by atoms with Crippen LogP contribution in [0.4, 0.5) is 0 Å². The van der Waals surface area contributed by atoms with E-state index >= 15 is 0 Å². The summed E-state index contributed by atoms with van der Waals surface area (Å²) in [6.45, 7) is 6.43. The molecule has 0 saturated heterocycles. The summed E-state index contributed by atoms with van der Waals surface area (Å²) >= 11 is 6.04. The minimum absolute atomic E-state index is 0.119. The van der Waals surface area contributed by atoms with Gasteiger partial charge in [-0.2, -0.15) is 5.10 Å². The lowest BCUT2D eigenvalue weighted by Crippen LogP contribution is -2.27. The number of fused-ring (bicyclic) bond motifs is 1. The molecule has 0 atom stereocenters. The predicted octanol–water partition coefficient (Wildman–Crippen LogP) is 3.52. The molecule has 1 N–H and O–H groups in total. The Morgan fingerprint density at radius 3 is 2.64 bits per heavy atom. The van der Waals surface area contributed by atoms with Crippen molar-refractivity contribution in [2.75, 3.05) is 6.54 Å². The van der Waals surface area contributed by atoms with Crippen LogP contribution in [0.1, 0.15) is 33.0 Å². The van der Waals surface area contributed by atoms with Crippen molar-refractivity contribution >= 4 is 28.4 Å². The van der Waals surface area contributed by atoms with E-state index < -0.39 is 0 Å². The first-order valence-electron chi connectivity index (χ1n) is 8.21. The molecule has 0 bridgehead atoms. The zero-order valence-electron chi connectivity index (χ0n) is 14.9. The molecule has 1 aromatic carbocycles. The monoisotopic (exact) mass is 356 g/mol. The zero-order valence-corrected chi connectivity index (χ0v) is 15.6. The minimum Gasteiger partial charge on any atom is -0.352 e. The van der Waals surface area contributed by atoms with Crippen LogP contribution in [-0.4, -0.2) is 27.2 Å². The van der Waals surface area contributed by atoms with Gasteiger partial charge in [-0.1, -0.05) is 11.6 Å². The van der Waals surface area contributed by atoms with Crippen molar-refractivity contribution in [2.45, 2.75) is 27.2 Å². The van der Waals surface area contributed by atoms with Crippen molar-refractivity contribution in [3.05, 3.63) is 57.5 Å². The number of hydrogen-bond acceptors (Lipinski definition) is 3. The van der Waals surface area contributed by atoms with Crippen LogP contribution in [-0.2, 0) is 13.5 Å². The van der Waals surface area contributed by atoms with E-state index in [0.29, 0.717) is 22.8 Å². The number of aromatic nitrogens is 3. The standard InChI is InChI=1S/C19H21ClN4O/c1-11-17(10-14-9-15(20)5-6-18(14)22-11)19(25)21-8-7-16-12(2)23-24(4)13(16)3/h5-6,9-10H,7-8H2,1-4H3,(H,21,25). The highest BCUT2D eigenvalue weighted by molar-refractivity contribution is 6.31. The van der Waals surface area contributed by atoms with Crippen LogP contribution in [0, 0.1) is 20.8 Å². The zero-order chi connectivity index (χ0) is 18.1. The number of carbonyl (C=O) groups excluding carboxylic acids is 1. The Hall–Kier alpha value is -2.40. The second-order valence-electron chi connectivity index (χ2n) is 6.24. The van der Waals surface area contributed by atoms with Crippen LogP contribution in [0.15, 0.2) is 24.3 Å². The summed E-state index contributed by atoms with van der Waals surface area (Å²) in [5.41, 5.74) is 5.44. The molecule has 0 spiro atoms. The third-order valence-corrected chi connectivity index (χ3v) is 4.77. The number of halogens is 1. The second-order valence-corrected chi connectivity index (χ2v) is 6.67. The van der Waals surface area contributed by atoms with Crippen LogP contribution < -0.4 is 5.32 Å². The van der Waals surface area contributed by atoms with Crippen LogP contribution in [0.3, 0.4) is 0 Å². The number of amides is 1. The maximum Gasteiger partial charge on any atom is 0.253 e. The van der Waals surface area contributed by atoms with Crippen molar-refractivity contribution in [3.63, 3.8) is 0 Å². The first kappa shape index (κ1) is 17.4. The molecule has 25 heavy (non-hydrogen) atoms. The van der Waals surface area contributed by atoms with Crippen molar-refractivity contribution < 1.29 is 4.79 Å². The van der Waals surface area contributed by atoms with Gasteiger partial charge in [0, 0.05) is 29.7 Å². The number of aryl methyl sites for hydroxylation is 3. The van der Waals surface area contributed by atoms with Gasteiger partial charge in [0.2, 0.25) is 0 Å². The largest absolute Gasteiger partial charge is 0.352 e. The molecule has 0 saturated carbocycles. The number of carbonyl (C=O) groups is 1. The Bertz CT molecular complexity index is 962. The Labute approximate surface area is 152 Å². The summed E-state index contributed by atoms with van der Waals surface area (Å²) < 4.78 is 1.87. The molecular weight excluding hydrogens is 336 g/mol. The molecule has 0 aliphatic heterocycles. The van der Waals surface area contributed by atoms with E-state index in [1.54, 1.807) is 6.07 Å². The topological polar surface area (TPSA) is 59.8 Å². The molecule has 2 aromatic heterocycles. The molecule has 130 valence electrons. The quantitative estimate of drug-likeness (QED) is 0.778. The van der Waals surface area contributed by atoms with E-state index in [4.69, 9.17) is 11.6 Å². The summed E-state index contributed by atoms with van der Waals surface area (Å²) in [6.07, 6.45) is 0.753. The number of pyridine rings is 1. The number of hydrogen-bond donors (Lipinski definition) is 1. The summed E-state index contributed by atoms with van der Waals surface area (Å²) in [4.78, 5) is 17.1. The molecule has 0 aliphatic rings. The maximum absolute atomic E-state index is 12.6. The highest BCUT2D eigenvalue weighted by atomic mass is 35.5. The fraction of sp³-hybridized carbons (Fsp3) is 0.316. The van der Waals surface area contributed by atoms with Gasteiger partial charge < -0.3 is 5.32 Å². The van der Waals surface area contributed by atoms with E-state index in [-0.39, 0.29) is 5.91 Å². The van der Waals surface area contributed by atoms with Crippen LogP contribution >= 0.6 is 11.6 Å².